The molecule has 0 bridgehead atoms. The Morgan fingerprint density at radius 3 is 2.88 bits per heavy atom. The van der Waals surface area contributed by atoms with Crippen LogP contribution in [0.5, 0.6) is 0 Å². The Hall–Kier alpha value is -1.20. The molecular weight excluding hydrogens is 275 g/mol. The lowest BCUT2D eigenvalue weighted by Crippen LogP contribution is -2.01. The molecule has 1 aromatic heterocycles. The van der Waals surface area contributed by atoms with E-state index in [1.165, 1.54) is 6.07 Å². The molecule has 0 unspecified atom stereocenters. The zero-order chi connectivity index (χ0) is 11.1. The molecule has 0 aliphatic carbocycles. The number of ether oxygens (including phenoxy) is 1. The highest BCUT2D eigenvalue weighted by Crippen LogP contribution is 2.30. The molecule has 16 heavy (non-hydrogen) atoms. The van der Waals surface area contributed by atoms with E-state index in [0.717, 1.165) is 15.9 Å². The normalized spacial score (nSPS) is 14.1. The molecule has 3 nitrogen and oxygen atoms in total. The van der Waals surface area contributed by atoms with Gasteiger partial charge in [0.25, 0.3) is 0 Å². The van der Waals surface area contributed by atoms with Crippen LogP contribution in [0.1, 0.15) is 11.3 Å². The third-order valence-electron chi connectivity index (χ3n) is 2.57. The van der Waals surface area contributed by atoms with Crippen LogP contribution in [0.25, 0.3) is 5.69 Å². The van der Waals surface area contributed by atoms with E-state index in [4.69, 9.17) is 4.74 Å². The molecule has 0 amide bonds. The zero-order valence-electron chi connectivity index (χ0n) is 8.28. The topological polar surface area (TPSA) is 27.1 Å². The van der Waals surface area contributed by atoms with E-state index in [9.17, 15) is 4.39 Å². The highest BCUT2D eigenvalue weighted by Gasteiger charge is 2.22. The largest absolute Gasteiger partial charge is 0.370 e. The van der Waals surface area contributed by atoms with Crippen LogP contribution < -0.4 is 0 Å². The van der Waals surface area contributed by atoms with Gasteiger partial charge in [0.05, 0.1) is 18.9 Å². The van der Waals surface area contributed by atoms with Crippen molar-refractivity contribution in [2.75, 3.05) is 0 Å². The first-order valence-electron chi connectivity index (χ1n) is 4.86. The maximum absolute atomic E-state index is 13.6. The summed E-state index contributed by atoms with van der Waals surface area (Å²) in [6, 6.07) is 6.56. The van der Waals surface area contributed by atoms with E-state index >= 15 is 0 Å². The first-order valence-corrected chi connectivity index (χ1v) is 5.65. The van der Waals surface area contributed by atoms with Gasteiger partial charge in [-0.25, -0.2) is 9.07 Å². The summed E-state index contributed by atoms with van der Waals surface area (Å²) in [4.78, 5) is 0. The van der Waals surface area contributed by atoms with Gasteiger partial charge in [0.15, 0.2) is 0 Å². The van der Waals surface area contributed by atoms with E-state index in [1.807, 2.05) is 0 Å². The number of halogens is 2. The smallest absolute Gasteiger partial charge is 0.148 e. The van der Waals surface area contributed by atoms with Crippen LogP contribution in [0.15, 0.2) is 28.9 Å². The van der Waals surface area contributed by atoms with Crippen LogP contribution in [0, 0.1) is 5.82 Å². The quantitative estimate of drug-likeness (QED) is 0.804. The number of hydrogen-bond donors (Lipinski definition) is 0. The van der Waals surface area contributed by atoms with Gasteiger partial charge in [-0.15, -0.1) is 0 Å². The number of aromatic nitrogens is 2. The average molecular weight is 283 g/mol. The van der Waals surface area contributed by atoms with Crippen molar-refractivity contribution in [3.63, 3.8) is 0 Å². The number of benzene rings is 1. The molecule has 0 atom stereocenters. The average Bonchev–Trinajstić information content (AvgIpc) is 2.83. The molecule has 0 spiro atoms. The predicted octanol–water partition coefficient (Wildman–Crippen LogP) is 2.80. The van der Waals surface area contributed by atoms with Gasteiger partial charge in [0, 0.05) is 5.56 Å². The van der Waals surface area contributed by atoms with Crippen molar-refractivity contribution in [2.24, 2.45) is 0 Å². The van der Waals surface area contributed by atoms with Crippen molar-refractivity contribution in [3.8, 4) is 5.69 Å². The number of fused-ring (bicyclic) bond motifs is 1. The molecule has 5 heteroatoms. The SMILES string of the molecule is Fc1ccccc1-n1nc2c(c1Br)COC2. The monoisotopic (exact) mass is 282 g/mol. The van der Waals surface area contributed by atoms with Gasteiger partial charge in [-0.2, -0.15) is 5.10 Å². The van der Waals surface area contributed by atoms with Gasteiger partial charge in [-0.3, -0.25) is 0 Å². The second-order valence-corrected chi connectivity index (χ2v) is 4.32. The van der Waals surface area contributed by atoms with Crippen molar-refractivity contribution >= 4 is 15.9 Å². The highest BCUT2D eigenvalue weighted by molar-refractivity contribution is 9.10. The molecule has 82 valence electrons. The Labute approximate surface area is 100.0 Å². The van der Waals surface area contributed by atoms with Crippen LogP contribution in [0.4, 0.5) is 4.39 Å². The van der Waals surface area contributed by atoms with E-state index in [-0.39, 0.29) is 5.82 Å². The van der Waals surface area contributed by atoms with Gasteiger partial charge < -0.3 is 4.74 Å². The van der Waals surface area contributed by atoms with Crippen molar-refractivity contribution < 1.29 is 9.13 Å². The summed E-state index contributed by atoms with van der Waals surface area (Å²) in [5.74, 6) is -0.287. The lowest BCUT2D eigenvalue weighted by atomic mass is 10.3. The van der Waals surface area contributed by atoms with Crippen molar-refractivity contribution in [1.82, 2.24) is 9.78 Å². The van der Waals surface area contributed by atoms with Crippen LogP contribution in [0.3, 0.4) is 0 Å². The maximum atomic E-state index is 13.6. The fourth-order valence-corrected chi connectivity index (χ4v) is 2.38. The number of nitrogens with zero attached hydrogens (tertiary/aromatic N) is 2. The van der Waals surface area contributed by atoms with Gasteiger partial charge in [-0.1, -0.05) is 12.1 Å². The molecule has 0 N–H and O–H groups in total. The van der Waals surface area contributed by atoms with E-state index < -0.39 is 0 Å². The second-order valence-electron chi connectivity index (χ2n) is 3.57. The molecule has 3 rings (SSSR count). The lowest BCUT2D eigenvalue weighted by molar-refractivity contribution is 0.131. The van der Waals surface area contributed by atoms with Crippen LogP contribution in [-0.4, -0.2) is 9.78 Å². The summed E-state index contributed by atoms with van der Waals surface area (Å²) in [5.41, 5.74) is 2.32. The molecule has 1 aliphatic rings. The molecule has 0 fully saturated rings. The number of rotatable bonds is 1. The Morgan fingerprint density at radius 2 is 2.12 bits per heavy atom. The summed E-state index contributed by atoms with van der Waals surface area (Å²) in [5, 5.41) is 4.33. The minimum atomic E-state index is -0.287. The Morgan fingerprint density at radius 1 is 1.31 bits per heavy atom. The lowest BCUT2D eigenvalue weighted by Gasteiger charge is -2.05. The molecular formula is C11H8BrFN2O. The predicted molar refractivity (Wildman–Crippen MR) is 59.7 cm³/mol. The minimum Gasteiger partial charge on any atom is -0.370 e. The third kappa shape index (κ3) is 1.39. The van der Waals surface area contributed by atoms with E-state index in [2.05, 4.69) is 21.0 Å². The third-order valence-corrected chi connectivity index (χ3v) is 3.38. The molecule has 2 aromatic rings. The maximum Gasteiger partial charge on any atom is 0.148 e. The van der Waals surface area contributed by atoms with Crippen molar-refractivity contribution in [3.05, 3.63) is 45.9 Å². The fraction of sp³-hybridized carbons (Fsp3) is 0.182. The van der Waals surface area contributed by atoms with Gasteiger partial charge in [0.2, 0.25) is 0 Å². The second kappa shape index (κ2) is 3.68. The summed E-state index contributed by atoms with van der Waals surface area (Å²) in [7, 11) is 0. The zero-order valence-corrected chi connectivity index (χ0v) is 9.87. The Bertz CT molecular complexity index is 553. The summed E-state index contributed by atoms with van der Waals surface area (Å²) in [6.45, 7) is 1.03. The fourth-order valence-electron chi connectivity index (χ4n) is 1.76. The van der Waals surface area contributed by atoms with Crippen molar-refractivity contribution in [2.45, 2.75) is 13.2 Å². The minimum absolute atomic E-state index is 0.287. The standard InChI is InChI=1S/C11H8BrFN2O/c12-11-7-5-16-6-9(7)14-15(11)10-4-2-1-3-8(10)13/h1-4H,5-6H2. The van der Waals surface area contributed by atoms with Crippen molar-refractivity contribution in [1.29, 1.82) is 0 Å². The number of para-hydroxylation sites is 1. The van der Waals surface area contributed by atoms with Crippen LogP contribution in [0.2, 0.25) is 0 Å². The molecule has 0 saturated carbocycles. The van der Waals surface area contributed by atoms with Crippen LogP contribution >= 0.6 is 15.9 Å². The highest BCUT2D eigenvalue weighted by atomic mass is 79.9. The molecule has 1 aromatic carbocycles. The first-order chi connectivity index (χ1) is 7.77. The molecule has 1 aliphatic heterocycles. The van der Waals surface area contributed by atoms with Crippen LogP contribution in [-0.2, 0) is 18.0 Å². The Balaban J connectivity index is 2.18. The van der Waals surface area contributed by atoms with Gasteiger partial charge >= 0.3 is 0 Å². The van der Waals surface area contributed by atoms with E-state index in [0.29, 0.717) is 18.9 Å². The molecule has 0 radical (unpaired) electrons. The number of hydrogen-bond acceptors (Lipinski definition) is 2. The van der Waals surface area contributed by atoms with Gasteiger partial charge in [0.1, 0.15) is 16.1 Å². The summed E-state index contributed by atoms with van der Waals surface area (Å²) in [6.07, 6.45) is 0. The molecule has 2 heterocycles. The summed E-state index contributed by atoms with van der Waals surface area (Å²) < 4.78 is 21.2. The van der Waals surface area contributed by atoms with Gasteiger partial charge in [-0.05, 0) is 28.1 Å². The van der Waals surface area contributed by atoms with E-state index in [1.54, 1.807) is 22.9 Å². The summed E-state index contributed by atoms with van der Waals surface area (Å²) >= 11 is 3.43. The Kier molecular flexibility index (Phi) is 2.29. The molecule has 0 saturated heterocycles. The first kappa shape index (κ1) is 9.99.